The number of hydrogen-bond donors (Lipinski definition) is 1. The van der Waals surface area contributed by atoms with Crippen LogP contribution in [0, 0.1) is 6.92 Å². The first kappa shape index (κ1) is 14.4. The van der Waals surface area contributed by atoms with Gasteiger partial charge in [-0.15, -0.1) is 15.0 Å². The number of carbonyl (C=O) groups excluding carboxylic acids is 1. The van der Waals surface area contributed by atoms with E-state index in [1.54, 1.807) is 6.07 Å². The van der Waals surface area contributed by atoms with Gasteiger partial charge in [0.25, 0.3) is 11.7 Å². The minimum atomic E-state index is -0.399. The summed E-state index contributed by atoms with van der Waals surface area (Å²) in [5.74, 6) is -0.381. The summed E-state index contributed by atoms with van der Waals surface area (Å²) < 4.78 is 0.985. The van der Waals surface area contributed by atoms with Crippen LogP contribution >= 0.6 is 15.9 Å². The van der Waals surface area contributed by atoms with E-state index in [4.69, 9.17) is 0 Å². The van der Waals surface area contributed by atoms with Gasteiger partial charge in [0.15, 0.2) is 0 Å². The first-order valence-electron chi connectivity index (χ1n) is 6.56. The molecule has 3 aromatic rings. The molecule has 0 aliphatic rings. The summed E-state index contributed by atoms with van der Waals surface area (Å²) in [7, 11) is 0. The molecule has 0 radical (unpaired) electrons. The van der Waals surface area contributed by atoms with Crippen molar-refractivity contribution in [1.29, 1.82) is 0 Å². The predicted octanol–water partition coefficient (Wildman–Crippen LogP) is 2.99. The summed E-state index contributed by atoms with van der Waals surface area (Å²) in [6.07, 6.45) is 0. The average Bonchev–Trinajstić information content (AvgIpc) is 3.02. The van der Waals surface area contributed by atoms with Crippen molar-refractivity contribution >= 4 is 27.5 Å². The van der Waals surface area contributed by atoms with Gasteiger partial charge in [0.05, 0.1) is 5.69 Å². The summed E-state index contributed by atoms with van der Waals surface area (Å²) in [4.78, 5) is 13.5. The lowest BCUT2D eigenvalue weighted by Gasteiger charge is -2.04. The van der Waals surface area contributed by atoms with Crippen molar-refractivity contribution < 1.29 is 4.79 Å². The standard InChI is InChI=1S/C15H12BrN5O/c1-10-9-11(7-8-13(10)16)17-15(22)14-18-20-21(19-14)12-5-3-2-4-6-12/h2-9H,1H3,(H,17,22). The van der Waals surface area contributed by atoms with Gasteiger partial charge in [0, 0.05) is 10.2 Å². The lowest BCUT2D eigenvalue weighted by atomic mass is 10.2. The molecule has 110 valence electrons. The second kappa shape index (κ2) is 6.07. The predicted molar refractivity (Wildman–Crippen MR) is 86.0 cm³/mol. The summed E-state index contributed by atoms with van der Waals surface area (Å²) in [5.41, 5.74) is 2.45. The number of nitrogens with zero attached hydrogens (tertiary/aromatic N) is 4. The molecule has 1 N–H and O–H groups in total. The third-order valence-electron chi connectivity index (χ3n) is 3.02. The Bertz CT molecular complexity index is 816. The van der Waals surface area contributed by atoms with Crippen LogP contribution in [0.4, 0.5) is 5.69 Å². The van der Waals surface area contributed by atoms with E-state index in [0.29, 0.717) is 5.69 Å². The van der Waals surface area contributed by atoms with Crippen molar-refractivity contribution in [2.75, 3.05) is 5.32 Å². The van der Waals surface area contributed by atoms with Crippen LogP contribution in [0.5, 0.6) is 0 Å². The number of carbonyl (C=O) groups is 1. The number of amides is 1. The van der Waals surface area contributed by atoms with Crippen LogP contribution in [0.1, 0.15) is 16.2 Å². The molecule has 6 nitrogen and oxygen atoms in total. The van der Waals surface area contributed by atoms with Gasteiger partial charge < -0.3 is 5.32 Å². The lowest BCUT2D eigenvalue weighted by molar-refractivity contribution is 0.101. The topological polar surface area (TPSA) is 72.7 Å². The molecule has 2 aromatic carbocycles. The molecule has 0 fully saturated rings. The maximum Gasteiger partial charge on any atom is 0.297 e. The summed E-state index contributed by atoms with van der Waals surface area (Å²) in [5, 5.41) is 14.5. The zero-order valence-corrected chi connectivity index (χ0v) is 13.3. The molecule has 1 aromatic heterocycles. The zero-order valence-electron chi connectivity index (χ0n) is 11.7. The minimum absolute atomic E-state index is 0.0180. The Kier molecular flexibility index (Phi) is 3.97. The first-order chi connectivity index (χ1) is 10.6. The molecule has 0 aliphatic heterocycles. The fourth-order valence-corrected chi connectivity index (χ4v) is 2.13. The Balaban J connectivity index is 1.78. The normalized spacial score (nSPS) is 10.5. The molecule has 7 heteroatoms. The number of para-hydroxylation sites is 1. The highest BCUT2D eigenvalue weighted by Gasteiger charge is 2.14. The SMILES string of the molecule is Cc1cc(NC(=O)c2nnn(-c3ccccc3)n2)ccc1Br. The summed E-state index contributed by atoms with van der Waals surface area (Å²) in [6.45, 7) is 1.95. The smallest absolute Gasteiger partial charge is 0.297 e. The Hall–Kier alpha value is -2.54. The number of benzene rings is 2. The Morgan fingerprint density at radius 2 is 1.95 bits per heavy atom. The highest BCUT2D eigenvalue weighted by Crippen LogP contribution is 2.20. The van der Waals surface area contributed by atoms with Crippen molar-refractivity contribution in [3.8, 4) is 5.69 Å². The van der Waals surface area contributed by atoms with Crippen molar-refractivity contribution in [1.82, 2.24) is 20.2 Å². The van der Waals surface area contributed by atoms with E-state index in [1.165, 1.54) is 4.80 Å². The van der Waals surface area contributed by atoms with E-state index in [9.17, 15) is 4.79 Å². The van der Waals surface area contributed by atoms with Crippen LogP contribution in [-0.4, -0.2) is 26.1 Å². The van der Waals surface area contributed by atoms with E-state index in [1.807, 2.05) is 49.4 Å². The fraction of sp³-hybridized carbons (Fsp3) is 0.0667. The molecule has 0 aliphatic carbocycles. The fourth-order valence-electron chi connectivity index (χ4n) is 1.89. The summed E-state index contributed by atoms with van der Waals surface area (Å²) >= 11 is 3.42. The Morgan fingerprint density at radius 3 is 2.68 bits per heavy atom. The number of nitrogens with one attached hydrogen (secondary N) is 1. The second-order valence-electron chi connectivity index (χ2n) is 4.66. The summed E-state index contributed by atoms with van der Waals surface area (Å²) in [6, 6.07) is 14.8. The second-order valence-corrected chi connectivity index (χ2v) is 5.51. The monoisotopic (exact) mass is 357 g/mol. The zero-order chi connectivity index (χ0) is 15.5. The number of aryl methyl sites for hydroxylation is 1. The molecule has 1 heterocycles. The van der Waals surface area contributed by atoms with Crippen LogP contribution in [0.25, 0.3) is 5.69 Å². The van der Waals surface area contributed by atoms with Gasteiger partial charge in [-0.1, -0.05) is 34.1 Å². The van der Waals surface area contributed by atoms with E-state index in [0.717, 1.165) is 15.7 Å². The van der Waals surface area contributed by atoms with Crippen LogP contribution in [0.2, 0.25) is 0 Å². The van der Waals surface area contributed by atoms with E-state index in [-0.39, 0.29) is 5.82 Å². The molecule has 3 rings (SSSR count). The van der Waals surface area contributed by atoms with Crippen LogP contribution in [-0.2, 0) is 0 Å². The number of aromatic nitrogens is 4. The van der Waals surface area contributed by atoms with Gasteiger partial charge in [0.2, 0.25) is 0 Å². The van der Waals surface area contributed by atoms with Crippen molar-refractivity contribution in [3.05, 3.63) is 64.4 Å². The van der Waals surface area contributed by atoms with Gasteiger partial charge in [-0.25, -0.2) is 0 Å². The van der Waals surface area contributed by atoms with E-state index < -0.39 is 5.91 Å². The molecule has 0 unspecified atom stereocenters. The maximum atomic E-state index is 12.2. The maximum absolute atomic E-state index is 12.2. The minimum Gasteiger partial charge on any atom is -0.319 e. The number of rotatable bonds is 3. The molecule has 0 spiro atoms. The molecular formula is C15H12BrN5O. The Morgan fingerprint density at radius 1 is 1.18 bits per heavy atom. The van der Waals surface area contributed by atoms with E-state index >= 15 is 0 Å². The average molecular weight is 358 g/mol. The van der Waals surface area contributed by atoms with Crippen LogP contribution < -0.4 is 5.32 Å². The van der Waals surface area contributed by atoms with Gasteiger partial charge in [-0.2, -0.15) is 0 Å². The van der Waals surface area contributed by atoms with E-state index in [2.05, 4.69) is 36.7 Å². The molecule has 0 saturated heterocycles. The molecule has 22 heavy (non-hydrogen) atoms. The molecule has 0 atom stereocenters. The van der Waals surface area contributed by atoms with Crippen molar-refractivity contribution in [2.45, 2.75) is 6.92 Å². The molecule has 1 amide bonds. The number of halogens is 1. The number of tetrazole rings is 1. The third kappa shape index (κ3) is 3.04. The van der Waals surface area contributed by atoms with Crippen molar-refractivity contribution in [2.24, 2.45) is 0 Å². The molecule has 0 saturated carbocycles. The quantitative estimate of drug-likeness (QED) is 0.781. The highest BCUT2D eigenvalue weighted by molar-refractivity contribution is 9.10. The van der Waals surface area contributed by atoms with Gasteiger partial charge in [0.1, 0.15) is 0 Å². The Labute approximate surface area is 135 Å². The van der Waals surface area contributed by atoms with Gasteiger partial charge >= 0.3 is 0 Å². The first-order valence-corrected chi connectivity index (χ1v) is 7.36. The van der Waals surface area contributed by atoms with Crippen LogP contribution in [0.3, 0.4) is 0 Å². The largest absolute Gasteiger partial charge is 0.319 e. The number of hydrogen-bond acceptors (Lipinski definition) is 4. The third-order valence-corrected chi connectivity index (χ3v) is 3.91. The lowest BCUT2D eigenvalue weighted by Crippen LogP contribution is -2.14. The van der Waals surface area contributed by atoms with Crippen LogP contribution in [0.15, 0.2) is 53.0 Å². The molecule has 0 bridgehead atoms. The van der Waals surface area contributed by atoms with Gasteiger partial charge in [-0.05, 0) is 48.0 Å². The van der Waals surface area contributed by atoms with Crippen molar-refractivity contribution in [3.63, 3.8) is 0 Å². The highest BCUT2D eigenvalue weighted by atomic mass is 79.9. The molecular weight excluding hydrogens is 346 g/mol. The number of anilines is 1. The van der Waals surface area contributed by atoms with Gasteiger partial charge in [-0.3, -0.25) is 4.79 Å².